The van der Waals surface area contributed by atoms with E-state index in [2.05, 4.69) is 37.9 Å². The van der Waals surface area contributed by atoms with E-state index in [0.29, 0.717) is 11.3 Å². The summed E-state index contributed by atoms with van der Waals surface area (Å²) in [5, 5.41) is 13.7. The minimum absolute atomic E-state index is 0.297. The number of hydrogen-bond donors (Lipinski definition) is 2. The van der Waals surface area contributed by atoms with Gasteiger partial charge in [0.05, 0.1) is 5.60 Å². The van der Waals surface area contributed by atoms with Gasteiger partial charge in [-0.15, -0.1) is 0 Å². The van der Waals surface area contributed by atoms with Crippen LogP contribution in [0.5, 0.6) is 0 Å². The molecular weight excluding hydrogens is 236 g/mol. The van der Waals surface area contributed by atoms with Crippen LogP contribution in [0.2, 0.25) is 0 Å². The number of rotatable bonds is 6. The van der Waals surface area contributed by atoms with Crippen LogP contribution in [-0.2, 0) is 0 Å². The fraction of sp³-hybridized carbons (Fsp3) is 1.00. The lowest BCUT2D eigenvalue weighted by Gasteiger charge is -2.32. The van der Waals surface area contributed by atoms with E-state index in [-0.39, 0.29) is 0 Å². The average molecular weight is 270 g/mol. The smallest absolute Gasteiger partial charge is 0.0632 e. The molecule has 114 valence electrons. The Bertz CT molecular complexity index is 261. The van der Waals surface area contributed by atoms with Crippen LogP contribution in [-0.4, -0.2) is 48.3 Å². The van der Waals surface area contributed by atoms with Gasteiger partial charge in [-0.05, 0) is 50.6 Å². The molecule has 19 heavy (non-hydrogen) atoms. The van der Waals surface area contributed by atoms with Gasteiger partial charge in [-0.2, -0.15) is 0 Å². The summed E-state index contributed by atoms with van der Waals surface area (Å²) in [5.74, 6) is 0.712. The van der Waals surface area contributed by atoms with Gasteiger partial charge in [0.1, 0.15) is 0 Å². The number of hydrogen-bond acceptors (Lipinski definition) is 3. The van der Waals surface area contributed by atoms with Gasteiger partial charge in [0.2, 0.25) is 0 Å². The maximum absolute atomic E-state index is 10.1. The van der Waals surface area contributed by atoms with Gasteiger partial charge in [0.15, 0.2) is 0 Å². The molecule has 0 saturated carbocycles. The second kappa shape index (κ2) is 7.05. The van der Waals surface area contributed by atoms with Crippen LogP contribution in [0.3, 0.4) is 0 Å². The lowest BCUT2D eigenvalue weighted by atomic mass is 9.92. The number of nitrogens with zero attached hydrogens (tertiary/aromatic N) is 1. The molecule has 0 radical (unpaired) electrons. The molecule has 1 aliphatic rings. The van der Waals surface area contributed by atoms with Gasteiger partial charge < -0.3 is 15.3 Å². The minimum Gasteiger partial charge on any atom is -0.390 e. The molecule has 1 atom stereocenters. The van der Waals surface area contributed by atoms with Crippen molar-refractivity contribution in [2.45, 2.75) is 59.5 Å². The summed E-state index contributed by atoms with van der Waals surface area (Å²) in [5.41, 5.74) is -0.153. The summed E-state index contributed by atoms with van der Waals surface area (Å²) < 4.78 is 0. The Morgan fingerprint density at radius 2 is 1.95 bits per heavy atom. The van der Waals surface area contributed by atoms with Crippen molar-refractivity contribution in [1.29, 1.82) is 0 Å². The molecule has 1 saturated heterocycles. The maximum atomic E-state index is 10.1. The van der Waals surface area contributed by atoms with Crippen molar-refractivity contribution in [1.82, 2.24) is 10.2 Å². The third-order valence-electron chi connectivity index (χ3n) is 3.96. The Morgan fingerprint density at radius 1 is 1.26 bits per heavy atom. The monoisotopic (exact) mass is 270 g/mol. The van der Waals surface area contributed by atoms with Crippen LogP contribution in [0, 0.1) is 11.3 Å². The van der Waals surface area contributed by atoms with Crippen molar-refractivity contribution in [3.8, 4) is 0 Å². The lowest BCUT2D eigenvalue weighted by Crippen LogP contribution is -2.42. The molecule has 0 aromatic heterocycles. The minimum atomic E-state index is -0.450. The molecule has 1 rings (SSSR count). The molecule has 3 nitrogen and oxygen atoms in total. The lowest BCUT2D eigenvalue weighted by molar-refractivity contribution is 0.0432. The number of nitrogens with one attached hydrogen (secondary N) is 1. The molecule has 1 heterocycles. The highest BCUT2D eigenvalue weighted by molar-refractivity contribution is 4.83. The van der Waals surface area contributed by atoms with Gasteiger partial charge in [-0.3, -0.25) is 0 Å². The highest BCUT2D eigenvalue weighted by atomic mass is 16.3. The van der Waals surface area contributed by atoms with Crippen molar-refractivity contribution < 1.29 is 5.11 Å². The van der Waals surface area contributed by atoms with Gasteiger partial charge >= 0.3 is 0 Å². The highest BCUT2D eigenvalue weighted by Crippen LogP contribution is 2.24. The van der Waals surface area contributed by atoms with Crippen molar-refractivity contribution in [2.75, 3.05) is 32.7 Å². The Morgan fingerprint density at radius 3 is 2.58 bits per heavy atom. The first-order valence-corrected chi connectivity index (χ1v) is 7.86. The topological polar surface area (TPSA) is 35.5 Å². The van der Waals surface area contributed by atoms with E-state index in [4.69, 9.17) is 0 Å². The van der Waals surface area contributed by atoms with Crippen molar-refractivity contribution in [3.63, 3.8) is 0 Å². The Balaban J connectivity index is 2.35. The first-order valence-electron chi connectivity index (χ1n) is 7.86. The van der Waals surface area contributed by atoms with Crippen LogP contribution >= 0.6 is 0 Å². The zero-order chi connectivity index (χ0) is 14.5. The van der Waals surface area contributed by atoms with Crippen LogP contribution in [0.4, 0.5) is 0 Å². The van der Waals surface area contributed by atoms with Crippen LogP contribution in [0.1, 0.15) is 53.9 Å². The zero-order valence-electron chi connectivity index (χ0n) is 13.6. The normalized spacial score (nSPS) is 26.7. The van der Waals surface area contributed by atoms with Crippen LogP contribution in [0.25, 0.3) is 0 Å². The van der Waals surface area contributed by atoms with Crippen LogP contribution < -0.4 is 5.32 Å². The number of aliphatic hydroxyl groups is 1. The summed E-state index contributed by atoms with van der Waals surface area (Å²) in [6, 6.07) is 0. The molecular formula is C16H34N2O. The van der Waals surface area contributed by atoms with E-state index in [1.807, 2.05) is 6.92 Å². The zero-order valence-corrected chi connectivity index (χ0v) is 13.6. The van der Waals surface area contributed by atoms with E-state index in [1.54, 1.807) is 0 Å². The Labute approximate surface area is 119 Å². The van der Waals surface area contributed by atoms with E-state index in [9.17, 15) is 5.11 Å². The standard InChI is InChI=1S/C16H34N2O/c1-14(2)11-17-12-15(3,4)13-18-9-6-7-16(5,19)8-10-18/h14,17,19H,6-13H2,1-5H3. The van der Waals surface area contributed by atoms with Crippen LogP contribution in [0.15, 0.2) is 0 Å². The van der Waals surface area contributed by atoms with E-state index >= 15 is 0 Å². The van der Waals surface area contributed by atoms with E-state index < -0.39 is 5.60 Å². The summed E-state index contributed by atoms with van der Waals surface area (Å²) in [7, 11) is 0. The second-order valence-electron chi connectivity index (χ2n) is 7.82. The fourth-order valence-electron chi connectivity index (χ4n) is 2.84. The van der Waals surface area contributed by atoms with E-state index in [1.165, 1.54) is 0 Å². The molecule has 1 unspecified atom stereocenters. The predicted octanol–water partition coefficient (Wildman–Crippen LogP) is 2.50. The number of likely N-dealkylation sites (tertiary alicyclic amines) is 1. The largest absolute Gasteiger partial charge is 0.390 e. The Kier molecular flexibility index (Phi) is 6.28. The molecule has 0 spiro atoms. The second-order valence-corrected chi connectivity index (χ2v) is 7.82. The molecule has 0 bridgehead atoms. The third kappa shape index (κ3) is 7.28. The molecule has 1 fully saturated rings. The van der Waals surface area contributed by atoms with Gasteiger partial charge in [-0.1, -0.05) is 27.7 Å². The van der Waals surface area contributed by atoms with E-state index in [0.717, 1.165) is 52.0 Å². The van der Waals surface area contributed by atoms with Gasteiger partial charge in [0.25, 0.3) is 0 Å². The third-order valence-corrected chi connectivity index (χ3v) is 3.96. The summed E-state index contributed by atoms with van der Waals surface area (Å²) >= 11 is 0. The Hall–Kier alpha value is -0.120. The highest BCUT2D eigenvalue weighted by Gasteiger charge is 2.28. The predicted molar refractivity (Wildman–Crippen MR) is 82.4 cm³/mol. The first kappa shape index (κ1) is 16.9. The summed E-state index contributed by atoms with van der Waals surface area (Å²) in [6.45, 7) is 16.6. The quantitative estimate of drug-likeness (QED) is 0.778. The SMILES string of the molecule is CC(C)CNCC(C)(C)CN1CCCC(C)(O)CC1. The first-order chi connectivity index (χ1) is 8.70. The molecule has 2 N–H and O–H groups in total. The van der Waals surface area contributed by atoms with Crippen molar-refractivity contribution in [2.24, 2.45) is 11.3 Å². The fourth-order valence-corrected chi connectivity index (χ4v) is 2.84. The molecule has 3 heteroatoms. The molecule has 1 aliphatic heterocycles. The maximum Gasteiger partial charge on any atom is 0.0632 e. The van der Waals surface area contributed by atoms with Crippen molar-refractivity contribution >= 4 is 0 Å². The summed E-state index contributed by atoms with van der Waals surface area (Å²) in [4.78, 5) is 2.53. The average Bonchev–Trinajstić information content (AvgIpc) is 2.39. The molecule has 0 aromatic rings. The molecule has 0 aliphatic carbocycles. The van der Waals surface area contributed by atoms with Gasteiger partial charge in [0, 0.05) is 19.6 Å². The molecule has 0 amide bonds. The summed E-state index contributed by atoms with van der Waals surface area (Å²) in [6.07, 6.45) is 2.96. The molecule has 0 aromatic carbocycles. The van der Waals surface area contributed by atoms with Crippen molar-refractivity contribution in [3.05, 3.63) is 0 Å². The van der Waals surface area contributed by atoms with Gasteiger partial charge in [-0.25, -0.2) is 0 Å².